The first-order valence-corrected chi connectivity index (χ1v) is 6.17. The van der Waals surface area contributed by atoms with E-state index in [4.69, 9.17) is 5.73 Å². The zero-order valence-electron chi connectivity index (χ0n) is 10.3. The van der Waals surface area contributed by atoms with Gasteiger partial charge in [-0.25, -0.2) is 4.39 Å². The van der Waals surface area contributed by atoms with Crippen molar-refractivity contribution in [1.29, 1.82) is 0 Å². The van der Waals surface area contributed by atoms with Crippen LogP contribution in [0.4, 0.5) is 4.39 Å². The highest BCUT2D eigenvalue weighted by Crippen LogP contribution is 2.28. The molecule has 0 saturated carbocycles. The van der Waals surface area contributed by atoms with Crippen LogP contribution in [0.15, 0.2) is 24.3 Å². The van der Waals surface area contributed by atoms with Crippen molar-refractivity contribution in [2.45, 2.75) is 51.5 Å². The minimum absolute atomic E-state index is 0.198. The number of benzene rings is 1. The Morgan fingerprint density at radius 2 is 2.00 bits per heavy atom. The second-order valence-electron chi connectivity index (χ2n) is 4.48. The van der Waals surface area contributed by atoms with Crippen LogP contribution in [0, 0.1) is 5.82 Å². The lowest BCUT2D eigenvalue weighted by atomic mass is 9.83. The molecule has 0 fully saturated rings. The molecule has 0 aliphatic rings. The molecule has 0 aromatic heterocycles. The van der Waals surface area contributed by atoms with Crippen molar-refractivity contribution in [3.05, 3.63) is 35.6 Å². The third-order valence-corrected chi connectivity index (χ3v) is 3.26. The summed E-state index contributed by atoms with van der Waals surface area (Å²) in [5.74, 6) is -0.198. The molecule has 1 aromatic rings. The van der Waals surface area contributed by atoms with E-state index in [0.717, 1.165) is 24.8 Å². The van der Waals surface area contributed by atoms with Crippen LogP contribution in [0.2, 0.25) is 0 Å². The van der Waals surface area contributed by atoms with Gasteiger partial charge in [0, 0.05) is 5.54 Å². The second kappa shape index (κ2) is 6.00. The summed E-state index contributed by atoms with van der Waals surface area (Å²) < 4.78 is 13.2. The molecule has 0 aliphatic heterocycles. The average molecular weight is 223 g/mol. The topological polar surface area (TPSA) is 26.0 Å². The van der Waals surface area contributed by atoms with Gasteiger partial charge in [0.2, 0.25) is 0 Å². The summed E-state index contributed by atoms with van der Waals surface area (Å²) in [4.78, 5) is 0. The summed E-state index contributed by atoms with van der Waals surface area (Å²) in [5, 5.41) is 0. The lowest BCUT2D eigenvalue weighted by Crippen LogP contribution is -2.36. The molecule has 2 heteroatoms. The van der Waals surface area contributed by atoms with Gasteiger partial charge >= 0.3 is 0 Å². The van der Waals surface area contributed by atoms with E-state index in [2.05, 4.69) is 13.8 Å². The van der Waals surface area contributed by atoms with E-state index in [9.17, 15) is 4.39 Å². The highest BCUT2D eigenvalue weighted by molar-refractivity contribution is 5.24. The molecule has 1 aromatic carbocycles. The van der Waals surface area contributed by atoms with E-state index in [0.29, 0.717) is 0 Å². The fraction of sp³-hybridized carbons (Fsp3) is 0.571. The number of hydrogen-bond donors (Lipinski definition) is 1. The standard InChI is InChI=1S/C14H22FN/c1-3-5-6-10-14(16,4-2)12-8-7-9-13(15)11-12/h7-9,11H,3-6,10,16H2,1-2H3. The number of hydrogen-bond acceptors (Lipinski definition) is 1. The van der Waals surface area contributed by atoms with Crippen LogP contribution in [0.3, 0.4) is 0 Å². The zero-order chi connectivity index (χ0) is 12.0. The highest BCUT2D eigenvalue weighted by Gasteiger charge is 2.24. The molecule has 0 bridgehead atoms. The largest absolute Gasteiger partial charge is 0.321 e. The smallest absolute Gasteiger partial charge is 0.123 e. The monoisotopic (exact) mass is 223 g/mol. The van der Waals surface area contributed by atoms with Gasteiger partial charge < -0.3 is 5.73 Å². The third kappa shape index (κ3) is 3.31. The number of nitrogens with two attached hydrogens (primary N) is 1. The van der Waals surface area contributed by atoms with Gasteiger partial charge in [0.25, 0.3) is 0 Å². The van der Waals surface area contributed by atoms with Crippen LogP contribution < -0.4 is 5.73 Å². The summed E-state index contributed by atoms with van der Waals surface area (Å²) in [6.45, 7) is 4.24. The maximum Gasteiger partial charge on any atom is 0.123 e. The van der Waals surface area contributed by atoms with E-state index >= 15 is 0 Å². The summed E-state index contributed by atoms with van der Waals surface area (Å²) in [6, 6.07) is 6.70. The van der Waals surface area contributed by atoms with E-state index in [1.165, 1.54) is 18.9 Å². The van der Waals surface area contributed by atoms with Crippen LogP contribution in [-0.2, 0) is 5.54 Å². The van der Waals surface area contributed by atoms with Crippen LogP contribution >= 0.6 is 0 Å². The van der Waals surface area contributed by atoms with Gasteiger partial charge in [0.1, 0.15) is 5.82 Å². The first-order chi connectivity index (χ1) is 7.62. The predicted octanol–water partition coefficient (Wildman–Crippen LogP) is 3.97. The first-order valence-electron chi connectivity index (χ1n) is 6.17. The van der Waals surface area contributed by atoms with Crippen molar-refractivity contribution < 1.29 is 4.39 Å². The molecular weight excluding hydrogens is 201 g/mol. The van der Waals surface area contributed by atoms with E-state index in [1.807, 2.05) is 6.07 Å². The molecule has 2 N–H and O–H groups in total. The minimum atomic E-state index is -0.364. The van der Waals surface area contributed by atoms with Gasteiger partial charge in [-0.1, -0.05) is 45.2 Å². The van der Waals surface area contributed by atoms with Crippen molar-refractivity contribution in [2.75, 3.05) is 0 Å². The Labute approximate surface area is 97.9 Å². The molecule has 0 spiro atoms. The van der Waals surface area contributed by atoms with Crippen molar-refractivity contribution in [3.63, 3.8) is 0 Å². The van der Waals surface area contributed by atoms with E-state index < -0.39 is 0 Å². The number of unbranched alkanes of at least 4 members (excludes halogenated alkanes) is 2. The Morgan fingerprint density at radius 3 is 2.56 bits per heavy atom. The molecule has 90 valence electrons. The molecule has 0 radical (unpaired) electrons. The highest BCUT2D eigenvalue weighted by atomic mass is 19.1. The maximum absolute atomic E-state index is 13.2. The Balaban J connectivity index is 2.78. The molecule has 1 rings (SSSR count). The molecule has 0 saturated heterocycles. The lowest BCUT2D eigenvalue weighted by Gasteiger charge is -2.29. The van der Waals surface area contributed by atoms with Crippen LogP contribution in [-0.4, -0.2) is 0 Å². The van der Waals surface area contributed by atoms with Gasteiger partial charge in [0.15, 0.2) is 0 Å². The molecule has 1 unspecified atom stereocenters. The first kappa shape index (κ1) is 13.2. The van der Waals surface area contributed by atoms with Crippen LogP contribution in [0.5, 0.6) is 0 Å². The van der Waals surface area contributed by atoms with E-state index in [-0.39, 0.29) is 11.4 Å². The SMILES string of the molecule is CCCCCC(N)(CC)c1cccc(F)c1. The van der Waals surface area contributed by atoms with Gasteiger partial charge in [0.05, 0.1) is 0 Å². The minimum Gasteiger partial charge on any atom is -0.321 e. The van der Waals surface area contributed by atoms with Gasteiger partial charge in [-0.05, 0) is 30.5 Å². The van der Waals surface area contributed by atoms with Crippen molar-refractivity contribution >= 4 is 0 Å². The fourth-order valence-corrected chi connectivity index (χ4v) is 2.01. The molecule has 0 amide bonds. The summed E-state index contributed by atoms with van der Waals surface area (Å²) in [5.41, 5.74) is 6.92. The van der Waals surface area contributed by atoms with E-state index in [1.54, 1.807) is 12.1 Å². The molecular formula is C14H22FN. The van der Waals surface area contributed by atoms with Gasteiger partial charge in [-0.15, -0.1) is 0 Å². The molecule has 1 atom stereocenters. The average Bonchev–Trinajstić information content (AvgIpc) is 2.29. The number of halogens is 1. The van der Waals surface area contributed by atoms with Gasteiger partial charge in [-0.3, -0.25) is 0 Å². The molecule has 1 nitrogen and oxygen atoms in total. The maximum atomic E-state index is 13.2. The van der Waals surface area contributed by atoms with Crippen LogP contribution in [0.25, 0.3) is 0 Å². The predicted molar refractivity (Wildman–Crippen MR) is 66.7 cm³/mol. The normalized spacial score (nSPS) is 14.8. The molecule has 0 aliphatic carbocycles. The number of rotatable bonds is 6. The summed E-state index contributed by atoms with van der Waals surface area (Å²) >= 11 is 0. The van der Waals surface area contributed by atoms with Crippen molar-refractivity contribution in [1.82, 2.24) is 0 Å². The fourth-order valence-electron chi connectivity index (χ4n) is 2.01. The van der Waals surface area contributed by atoms with Crippen molar-refractivity contribution in [3.8, 4) is 0 Å². The summed E-state index contributed by atoms with van der Waals surface area (Å²) in [6.07, 6.45) is 5.26. The summed E-state index contributed by atoms with van der Waals surface area (Å²) in [7, 11) is 0. The zero-order valence-corrected chi connectivity index (χ0v) is 10.3. The Bertz CT molecular complexity index is 324. The third-order valence-electron chi connectivity index (χ3n) is 3.26. The van der Waals surface area contributed by atoms with Gasteiger partial charge in [-0.2, -0.15) is 0 Å². The molecule has 0 heterocycles. The quantitative estimate of drug-likeness (QED) is 0.725. The Morgan fingerprint density at radius 1 is 1.25 bits per heavy atom. The second-order valence-corrected chi connectivity index (χ2v) is 4.48. The lowest BCUT2D eigenvalue weighted by molar-refractivity contribution is 0.374. The van der Waals surface area contributed by atoms with Crippen molar-refractivity contribution in [2.24, 2.45) is 5.73 Å². The molecule has 16 heavy (non-hydrogen) atoms. The van der Waals surface area contributed by atoms with Crippen LogP contribution in [0.1, 0.15) is 51.5 Å². The Hall–Kier alpha value is -0.890. The Kier molecular flexibility index (Phi) is 4.94.